The molecule has 0 aliphatic heterocycles. The third kappa shape index (κ3) is 6.70. The molecule has 0 saturated carbocycles. The fourth-order valence-electron chi connectivity index (χ4n) is 3.34. The first-order valence-electron chi connectivity index (χ1n) is 10.3. The number of halogens is 1. The fraction of sp³-hybridized carbons (Fsp3) is 0.417. The van der Waals surface area contributed by atoms with Crippen molar-refractivity contribution in [3.63, 3.8) is 0 Å². The van der Waals surface area contributed by atoms with Crippen LogP contribution in [0.1, 0.15) is 49.8 Å². The second kappa shape index (κ2) is 11.3. The highest BCUT2D eigenvalue weighted by molar-refractivity contribution is 5.88. The van der Waals surface area contributed by atoms with Crippen molar-refractivity contribution in [2.75, 3.05) is 6.54 Å². The van der Waals surface area contributed by atoms with Crippen molar-refractivity contribution in [1.82, 2.24) is 10.2 Å². The predicted molar refractivity (Wildman–Crippen MR) is 114 cm³/mol. The lowest BCUT2D eigenvalue weighted by Gasteiger charge is -2.31. The van der Waals surface area contributed by atoms with E-state index in [2.05, 4.69) is 12.2 Å². The van der Waals surface area contributed by atoms with E-state index >= 15 is 0 Å². The fourth-order valence-corrected chi connectivity index (χ4v) is 3.34. The van der Waals surface area contributed by atoms with Gasteiger partial charge in [-0.25, -0.2) is 4.39 Å². The van der Waals surface area contributed by atoms with Gasteiger partial charge in [0.15, 0.2) is 0 Å². The summed E-state index contributed by atoms with van der Waals surface area (Å²) in [5, 5.41) is 2.94. The number of carbonyl (C=O) groups excluding carboxylic acids is 2. The van der Waals surface area contributed by atoms with Crippen molar-refractivity contribution in [3.05, 3.63) is 71.0 Å². The second-order valence-electron chi connectivity index (χ2n) is 7.35. The van der Waals surface area contributed by atoms with Gasteiger partial charge in [-0.2, -0.15) is 0 Å². The van der Waals surface area contributed by atoms with Gasteiger partial charge in [-0.3, -0.25) is 9.59 Å². The SMILES string of the molecule is CCCCNC(=O)C(CC)N(Cc1cccc(C)c1)C(=O)Cc1ccccc1F. The van der Waals surface area contributed by atoms with Crippen LogP contribution >= 0.6 is 0 Å². The molecule has 2 aromatic rings. The summed E-state index contributed by atoms with van der Waals surface area (Å²) < 4.78 is 14.1. The molecule has 0 bridgehead atoms. The van der Waals surface area contributed by atoms with Gasteiger partial charge in [0.05, 0.1) is 6.42 Å². The molecule has 0 aromatic heterocycles. The van der Waals surface area contributed by atoms with Crippen LogP contribution in [-0.2, 0) is 22.6 Å². The highest BCUT2D eigenvalue weighted by Crippen LogP contribution is 2.17. The Labute approximate surface area is 173 Å². The Balaban J connectivity index is 2.26. The Morgan fingerprint density at radius 3 is 2.52 bits per heavy atom. The Hall–Kier alpha value is -2.69. The molecule has 5 heteroatoms. The third-order valence-corrected chi connectivity index (χ3v) is 4.95. The maximum absolute atomic E-state index is 14.1. The number of benzene rings is 2. The zero-order chi connectivity index (χ0) is 21.2. The van der Waals surface area contributed by atoms with E-state index < -0.39 is 11.9 Å². The van der Waals surface area contributed by atoms with E-state index in [-0.39, 0.29) is 18.2 Å². The lowest BCUT2D eigenvalue weighted by molar-refractivity contribution is -0.141. The minimum absolute atomic E-state index is 0.0722. The lowest BCUT2D eigenvalue weighted by atomic mass is 10.1. The molecule has 2 aromatic carbocycles. The smallest absolute Gasteiger partial charge is 0.242 e. The Kier molecular flexibility index (Phi) is 8.84. The van der Waals surface area contributed by atoms with Gasteiger partial charge in [0.2, 0.25) is 11.8 Å². The molecule has 1 atom stereocenters. The summed E-state index contributed by atoms with van der Waals surface area (Å²) in [5.74, 6) is -0.818. The van der Waals surface area contributed by atoms with Gasteiger partial charge in [-0.05, 0) is 37.0 Å². The largest absolute Gasteiger partial charge is 0.354 e. The Bertz CT molecular complexity index is 822. The molecule has 0 heterocycles. The van der Waals surface area contributed by atoms with Crippen LogP contribution in [0.2, 0.25) is 0 Å². The molecule has 1 N–H and O–H groups in total. The Morgan fingerprint density at radius 2 is 1.86 bits per heavy atom. The van der Waals surface area contributed by atoms with E-state index in [1.807, 2.05) is 38.1 Å². The molecule has 156 valence electrons. The van der Waals surface area contributed by atoms with E-state index in [9.17, 15) is 14.0 Å². The van der Waals surface area contributed by atoms with E-state index in [4.69, 9.17) is 0 Å². The normalized spacial score (nSPS) is 11.7. The second-order valence-corrected chi connectivity index (χ2v) is 7.35. The van der Waals surface area contributed by atoms with Crippen LogP contribution in [0.25, 0.3) is 0 Å². The first-order chi connectivity index (χ1) is 14.0. The van der Waals surface area contributed by atoms with Crippen molar-refractivity contribution in [3.8, 4) is 0 Å². The summed E-state index contributed by atoms with van der Waals surface area (Å²) in [6, 6.07) is 13.6. The Morgan fingerprint density at radius 1 is 1.10 bits per heavy atom. The number of hydrogen-bond donors (Lipinski definition) is 1. The van der Waals surface area contributed by atoms with Gasteiger partial charge in [-0.15, -0.1) is 0 Å². The first-order valence-corrected chi connectivity index (χ1v) is 10.3. The van der Waals surface area contributed by atoms with Crippen molar-refractivity contribution >= 4 is 11.8 Å². The summed E-state index contributed by atoms with van der Waals surface area (Å²) in [6.45, 7) is 6.85. The molecule has 0 aliphatic rings. The number of hydrogen-bond acceptors (Lipinski definition) is 2. The zero-order valence-corrected chi connectivity index (χ0v) is 17.6. The zero-order valence-electron chi connectivity index (χ0n) is 17.6. The average molecular weight is 399 g/mol. The minimum Gasteiger partial charge on any atom is -0.354 e. The minimum atomic E-state index is -0.591. The van der Waals surface area contributed by atoms with E-state index in [1.54, 1.807) is 23.1 Å². The van der Waals surface area contributed by atoms with Crippen LogP contribution < -0.4 is 5.32 Å². The van der Waals surface area contributed by atoms with Crippen LogP contribution in [0.5, 0.6) is 0 Å². The molecule has 1 unspecified atom stereocenters. The van der Waals surface area contributed by atoms with Gasteiger partial charge in [-0.1, -0.05) is 68.3 Å². The first kappa shape index (κ1) is 22.6. The summed E-state index contributed by atoms with van der Waals surface area (Å²) in [6.07, 6.45) is 2.30. The van der Waals surface area contributed by atoms with Crippen LogP contribution in [0, 0.1) is 12.7 Å². The molecule has 2 rings (SSSR count). The monoisotopic (exact) mass is 398 g/mol. The standard InChI is InChI=1S/C24H31FN2O2/c1-4-6-14-26-24(29)22(5-2)27(17-19-11-9-10-18(3)15-19)23(28)16-20-12-7-8-13-21(20)25/h7-13,15,22H,4-6,14,16-17H2,1-3H3,(H,26,29). The molecule has 0 fully saturated rings. The number of rotatable bonds is 10. The quantitative estimate of drug-likeness (QED) is 0.603. The summed E-state index contributed by atoms with van der Waals surface area (Å²) >= 11 is 0. The van der Waals surface area contributed by atoms with Crippen molar-refractivity contribution in [2.24, 2.45) is 0 Å². The maximum atomic E-state index is 14.1. The van der Waals surface area contributed by atoms with Gasteiger partial charge in [0.1, 0.15) is 11.9 Å². The summed E-state index contributed by atoms with van der Waals surface area (Å²) in [4.78, 5) is 27.5. The van der Waals surface area contributed by atoms with Gasteiger partial charge >= 0.3 is 0 Å². The molecule has 0 spiro atoms. The number of amides is 2. The molecule has 2 amide bonds. The molecule has 29 heavy (non-hydrogen) atoms. The van der Waals surface area contributed by atoms with Crippen molar-refractivity contribution < 1.29 is 14.0 Å². The number of unbranched alkanes of at least 4 members (excludes halogenated alkanes) is 1. The summed E-state index contributed by atoms with van der Waals surface area (Å²) in [5.41, 5.74) is 2.38. The van der Waals surface area contributed by atoms with Crippen LogP contribution in [0.4, 0.5) is 4.39 Å². The number of carbonyl (C=O) groups is 2. The van der Waals surface area contributed by atoms with Crippen LogP contribution in [0.15, 0.2) is 48.5 Å². The molecule has 0 aliphatic carbocycles. The van der Waals surface area contributed by atoms with Crippen LogP contribution in [0.3, 0.4) is 0 Å². The van der Waals surface area contributed by atoms with Gasteiger partial charge < -0.3 is 10.2 Å². The van der Waals surface area contributed by atoms with Crippen molar-refractivity contribution in [1.29, 1.82) is 0 Å². The van der Waals surface area contributed by atoms with E-state index in [0.717, 1.165) is 24.0 Å². The topological polar surface area (TPSA) is 49.4 Å². The number of nitrogens with one attached hydrogen (secondary N) is 1. The average Bonchev–Trinajstić information content (AvgIpc) is 2.70. The number of aryl methyl sites for hydroxylation is 1. The third-order valence-electron chi connectivity index (χ3n) is 4.95. The summed E-state index contributed by atoms with van der Waals surface area (Å²) in [7, 11) is 0. The molecule has 0 saturated heterocycles. The van der Waals surface area contributed by atoms with Crippen LogP contribution in [-0.4, -0.2) is 29.3 Å². The van der Waals surface area contributed by atoms with Gasteiger partial charge in [0, 0.05) is 13.1 Å². The van der Waals surface area contributed by atoms with Gasteiger partial charge in [0.25, 0.3) is 0 Å². The highest BCUT2D eigenvalue weighted by atomic mass is 19.1. The van der Waals surface area contributed by atoms with E-state index in [0.29, 0.717) is 25.1 Å². The van der Waals surface area contributed by atoms with E-state index in [1.165, 1.54) is 6.07 Å². The highest BCUT2D eigenvalue weighted by Gasteiger charge is 2.28. The number of nitrogens with zero attached hydrogens (tertiary/aromatic N) is 1. The molecule has 4 nitrogen and oxygen atoms in total. The lowest BCUT2D eigenvalue weighted by Crippen LogP contribution is -2.49. The maximum Gasteiger partial charge on any atom is 0.242 e. The van der Waals surface area contributed by atoms with Crippen molar-refractivity contribution in [2.45, 2.75) is 59.0 Å². The molecular formula is C24H31FN2O2. The predicted octanol–water partition coefficient (Wildman–Crippen LogP) is 4.40. The molecular weight excluding hydrogens is 367 g/mol. The molecule has 0 radical (unpaired) electrons.